The van der Waals surface area contributed by atoms with Gasteiger partial charge in [-0.05, 0) is 53.6 Å². The number of hydrogen-bond donors (Lipinski definition) is 0. The molecule has 0 saturated carbocycles. The van der Waals surface area contributed by atoms with Crippen molar-refractivity contribution in [3.63, 3.8) is 0 Å². The highest BCUT2D eigenvalue weighted by Crippen LogP contribution is 2.22. The first-order valence-corrected chi connectivity index (χ1v) is 9.08. The van der Waals surface area contributed by atoms with Gasteiger partial charge in [-0.15, -0.1) is 0 Å². The number of rotatable bonds is 4. The van der Waals surface area contributed by atoms with Crippen molar-refractivity contribution in [3.8, 4) is 0 Å². The van der Waals surface area contributed by atoms with E-state index >= 15 is 0 Å². The molecule has 4 rings (SSSR count). The zero-order chi connectivity index (χ0) is 17.9. The number of para-hydroxylation sites is 2. The average molecular weight is 379 g/mol. The highest BCUT2D eigenvalue weighted by molar-refractivity contribution is 6.32. The van der Waals surface area contributed by atoms with Crippen LogP contribution < -0.4 is 0 Å². The van der Waals surface area contributed by atoms with Crippen LogP contribution >= 0.6 is 23.2 Å². The summed E-state index contributed by atoms with van der Waals surface area (Å²) >= 11 is 12.3. The smallest absolute Gasteiger partial charge is 0.134 e. The van der Waals surface area contributed by atoms with Gasteiger partial charge in [0, 0.05) is 16.6 Å². The minimum atomic E-state index is 0.722. The van der Waals surface area contributed by atoms with Crippen LogP contribution in [0.1, 0.15) is 17.0 Å². The Balaban J connectivity index is 1.76. The summed E-state index contributed by atoms with van der Waals surface area (Å²) in [6.45, 7) is 0.722. The third kappa shape index (κ3) is 3.52. The number of fused-ring (bicyclic) bond motifs is 1. The second-order valence-electron chi connectivity index (χ2n) is 6.03. The average Bonchev–Trinajstić information content (AvgIpc) is 3.00. The Hall–Kier alpha value is -2.55. The van der Waals surface area contributed by atoms with Gasteiger partial charge in [-0.25, -0.2) is 4.98 Å². The lowest BCUT2D eigenvalue weighted by atomic mass is 10.2. The van der Waals surface area contributed by atoms with Crippen molar-refractivity contribution < 1.29 is 0 Å². The summed E-state index contributed by atoms with van der Waals surface area (Å²) in [4.78, 5) is 4.78. The summed E-state index contributed by atoms with van der Waals surface area (Å²) in [5, 5.41) is 1.46. The minimum absolute atomic E-state index is 0.722. The lowest BCUT2D eigenvalue weighted by Gasteiger charge is -2.08. The molecular weight excluding hydrogens is 363 g/mol. The van der Waals surface area contributed by atoms with Crippen LogP contribution in [0, 0.1) is 0 Å². The van der Waals surface area contributed by atoms with E-state index in [1.165, 1.54) is 5.56 Å². The van der Waals surface area contributed by atoms with Crippen molar-refractivity contribution in [1.82, 2.24) is 9.55 Å². The SMILES string of the molecule is Clc1ccc(Cn2c(/C=C/c3ccccc3Cl)nc3ccccc32)cc1. The molecule has 26 heavy (non-hydrogen) atoms. The molecule has 0 amide bonds. The van der Waals surface area contributed by atoms with Gasteiger partial charge >= 0.3 is 0 Å². The molecule has 0 atom stereocenters. The van der Waals surface area contributed by atoms with Gasteiger partial charge in [0.25, 0.3) is 0 Å². The number of nitrogens with zero attached hydrogens (tertiary/aromatic N) is 2. The molecule has 0 bridgehead atoms. The van der Waals surface area contributed by atoms with Crippen LogP contribution in [0.2, 0.25) is 10.0 Å². The third-order valence-corrected chi connectivity index (χ3v) is 4.85. The predicted molar refractivity (Wildman–Crippen MR) is 111 cm³/mol. The Morgan fingerprint density at radius 3 is 2.35 bits per heavy atom. The Morgan fingerprint density at radius 1 is 0.808 bits per heavy atom. The molecule has 0 fully saturated rings. The highest BCUT2D eigenvalue weighted by atomic mass is 35.5. The van der Waals surface area contributed by atoms with Crippen LogP contribution in [0.4, 0.5) is 0 Å². The summed E-state index contributed by atoms with van der Waals surface area (Å²) in [6.07, 6.45) is 4.01. The number of halogens is 2. The molecule has 0 spiro atoms. The van der Waals surface area contributed by atoms with Crippen LogP contribution in [0.25, 0.3) is 23.2 Å². The quantitative estimate of drug-likeness (QED) is 0.393. The van der Waals surface area contributed by atoms with E-state index in [0.717, 1.165) is 39.0 Å². The molecule has 3 aromatic carbocycles. The van der Waals surface area contributed by atoms with Crippen molar-refractivity contribution in [2.24, 2.45) is 0 Å². The molecule has 4 aromatic rings. The maximum absolute atomic E-state index is 6.26. The number of benzene rings is 3. The molecule has 0 aliphatic heterocycles. The number of aromatic nitrogens is 2. The summed E-state index contributed by atoms with van der Waals surface area (Å²) in [5.41, 5.74) is 4.21. The molecular formula is C22H16Cl2N2. The van der Waals surface area contributed by atoms with E-state index < -0.39 is 0 Å². The van der Waals surface area contributed by atoms with Crippen LogP contribution in [0.5, 0.6) is 0 Å². The van der Waals surface area contributed by atoms with E-state index in [1.807, 2.05) is 78.9 Å². The molecule has 0 N–H and O–H groups in total. The second-order valence-corrected chi connectivity index (χ2v) is 6.87. The first-order chi connectivity index (χ1) is 12.7. The molecule has 2 nitrogen and oxygen atoms in total. The Labute approximate surface area is 162 Å². The minimum Gasteiger partial charge on any atom is -0.320 e. The molecule has 4 heteroatoms. The van der Waals surface area contributed by atoms with Crippen LogP contribution in [-0.4, -0.2) is 9.55 Å². The molecule has 0 aliphatic carbocycles. The normalized spacial score (nSPS) is 11.5. The van der Waals surface area contributed by atoms with Crippen LogP contribution in [-0.2, 0) is 6.54 Å². The van der Waals surface area contributed by atoms with Gasteiger partial charge in [0.2, 0.25) is 0 Å². The van der Waals surface area contributed by atoms with Gasteiger partial charge in [-0.3, -0.25) is 0 Å². The monoisotopic (exact) mass is 378 g/mol. The summed E-state index contributed by atoms with van der Waals surface area (Å²) in [7, 11) is 0. The van der Waals surface area contributed by atoms with Gasteiger partial charge < -0.3 is 4.57 Å². The maximum atomic E-state index is 6.26. The van der Waals surface area contributed by atoms with E-state index in [0.29, 0.717) is 0 Å². The molecule has 0 unspecified atom stereocenters. The van der Waals surface area contributed by atoms with Crippen molar-refractivity contribution in [1.29, 1.82) is 0 Å². The van der Waals surface area contributed by atoms with Crippen molar-refractivity contribution >= 4 is 46.4 Å². The molecule has 0 radical (unpaired) electrons. The first-order valence-electron chi connectivity index (χ1n) is 8.33. The Kier molecular flexibility index (Phi) is 4.79. The van der Waals surface area contributed by atoms with Crippen LogP contribution in [0.15, 0.2) is 72.8 Å². The van der Waals surface area contributed by atoms with E-state index in [2.05, 4.69) is 10.6 Å². The van der Waals surface area contributed by atoms with Crippen molar-refractivity contribution in [2.75, 3.05) is 0 Å². The topological polar surface area (TPSA) is 17.8 Å². The van der Waals surface area contributed by atoms with E-state index in [9.17, 15) is 0 Å². The standard InChI is InChI=1S/C22H16Cl2N2/c23-18-12-9-16(10-13-18)15-26-21-8-4-3-7-20(21)25-22(26)14-11-17-5-1-2-6-19(17)24/h1-14H,15H2/b14-11+. The second kappa shape index (κ2) is 7.36. The summed E-state index contributed by atoms with van der Waals surface area (Å²) < 4.78 is 2.20. The Bertz CT molecular complexity index is 1080. The van der Waals surface area contributed by atoms with E-state index in [1.54, 1.807) is 0 Å². The fourth-order valence-corrected chi connectivity index (χ4v) is 3.26. The number of imidazole rings is 1. The van der Waals surface area contributed by atoms with Gasteiger partial charge in [0.15, 0.2) is 0 Å². The molecule has 0 saturated heterocycles. The summed E-state index contributed by atoms with van der Waals surface area (Å²) in [5.74, 6) is 0.890. The zero-order valence-corrected chi connectivity index (χ0v) is 15.5. The molecule has 0 aliphatic rings. The zero-order valence-electron chi connectivity index (χ0n) is 13.9. The first kappa shape index (κ1) is 16.9. The van der Waals surface area contributed by atoms with E-state index in [-0.39, 0.29) is 0 Å². The van der Waals surface area contributed by atoms with Gasteiger partial charge in [-0.1, -0.05) is 65.7 Å². The lowest BCUT2D eigenvalue weighted by Crippen LogP contribution is -2.02. The van der Waals surface area contributed by atoms with Crippen LogP contribution in [0.3, 0.4) is 0 Å². The van der Waals surface area contributed by atoms with Crippen molar-refractivity contribution in [2.45, 2.75) is 6.54 Å². The largest absolute Gasteiger partial charge is 0.320 e. The molecule has 128 valence electrons. The molecule has 1 heterocycles. The predicted octanol–water partition coefficient (Wildman–Crippen LogP) is 6.56. The third-order valence-electron chi connectivity index (χ3n) is 4.26. The fourth-order valence-electron chi connectivity index (χ4n) is 2.93. The summed E-state index contributed by atoms with van der Waals surface area (Å²) in [6, 6.07) is 23.8. The van der Waals surface area contributed by atoms with Gasteiger partial charge in [-0.2, -0.15) is 0 Å². The molecule has 1 aromatic heterocycles. The lowest BCUT2D eigenvalue weighted by molar-refractivity contribution is 0.814. The van der Waals surface area contributed by atoms with Gasteiger partial charge in [0.1, 0.15) is 5.82 Å². The maximum Gasteiger partial charge on any atom is 0.134 e. The highest BCUT2D eigenvalue weighted by Gasteiger charge is 2.09. The van der Waals surface area contributed by atoms with Crippen molar-refractivity contribution in [3.05, 3.63) is 99.8 Å². The number of hydrogen-bond acceptors (Lipinski definition) is 1. The van der Waals surface area contributed by atoms with Gasteiger partial charge in [0.05, 0.1) is 11.0 Å². The van der Waals surface area contributed by atoms with E-state index in [4.69, 9.17) is 28.2 Å². The fraction of sp³-hybridized carbons (Fsp3) is 0.0455. The Morgan fingerprint density at radius 2 is 1.54 bits per heavy atom.